The van der Waals surface area contributed by atoms with Crippen LogP contribution in [0.3, 0.4) is 0 Å². The van der Waals surface area contributed by atoms with Gasteiger partial charge in [0.25, 0.3) is 0 Å². The van der Waals surface area contributed by atoms with Crippen LogP contribution in [0, 0.1) is 5.92 Å². The summed E-state index contributed by atoms with van der Waals surface area (Å²) in [5, 5.41) is 3.40. The lowest BCUT2D eigenvalue weighted by Gasteiger charge is -2.27. The van der Waals surface area contributed by atoms with Crippen LogP contribution in [0.4, 0.5) is 0 Å². The molecular formula is C16H23BrN2O. The highest BCUT2D eigenvalue weighted by molar-refractivity contribution is 9.10. The van der Waals surface area contributed by atoms with Crippen LogP contribution in [0.2, 0.25) is 0 Å². The molecule has 1 aromatic carbocycles. The highest BCUT2D eigenvalue weighted by Crippen LogP contribution is 2.31. The molecule has 110 valence electrons. The molecule has 3 rings (SSSR count). The fourth-order valence-electron chi connectivity index (χ4n) is 2.59. The van der Waals surface area contributed by atoms with Crippen LogP contribution in [0.1, 0.15) is 18.4 Å². The van der Waals surface area contributed by atoms with E-state index < -0.39 is 0 Å². The zero-order valence-electron chi connectivity index (χ0n) is 11.9. The minimum Gasteiger partial charge on any atom is -0.493 e. The molecule has 1 aromatic rings. The van der Waals surface area contributed by atoms with E-state index in [2.05, 4.69) is 44.3 Å². The third-order valence-corrected chi connectivity index (χ3v) is 4.59. The third-order valence-electron chi connectivity index (χ3n) is 4.10. The molecule has 1 N–H and O–H groups in total. The maximum Gasteiger partial charge on any atom is 0.122 e. The number of piperazine rings is 1. The Morgan fingerprint density at radius 1 is 1.25 bits per heavy atom. The standard InChI is InChI=1S/C16H23BrN2O/c17-15-3-4-16(20-12-13-1-2-13)14(11-15)5-8-19-9-6-18-7-10-19/h3-4,11,13,18H,1-2,5-10,12H2. The van der Waals surface area contributed by atoms with E-state index >= 15 is 0 Å². The number of ether oxygens (including phenoxy) is 1. The molecule has 0 aromatic heterocycles. The highest BCUT2D eigenvalue weighted by atomic mass is 79.9. The van der Waals surface area contributed by atoms with Crippen LogP contribution in [0.15, 0.2) is 22.7 Å². The topological polar surface area (TPSA) is 24.5 Å². The molecule has 3 nitrogen and oxygen atoms in total. The van der Waals surface area contributed by atoms with Crippen molar-refractivity contribution in [2.75, 3.05) is 39.3 Å². The zero-order chi connectivity index (χ0) is 13.8. The minimum absolute atomic E-state index is 0.805. The molecule has 0 radical (unpaired) electrons. The molecule has 2 aliphatic rings. The predicted octanol–water partition coefficient (Wildman–Crippen LogP) is 2.69. The van der Waals surface area contributed by atoms with Crippen LogP contribution in [0.5, 0.6) is 5.75 Å². The Morgan fingerprint density at radius 2 is 2.05 bits per heavy atom. The average Bonchev–Trinajstić information content (AvgIpc) is 3.29. The molecule has 1 heterocycles. The van der Waals surface area contributed by atoms with Crippen molar-refractivity contribution in [1.82, 2.24) is 10.2 Å². The van der Waals surface area contributed by atoms with Crippen molar-refractivity contribution in [2.45, 2.75) is 19.3 Å². The first-order chi connectivity index (χ1) is 9.81. The normalized spacial score (nSPS) is 20.1. The van der Waals surface area contributed by atoms with Gasteiger partial charge < -0.3 is 15.0 Å². The van der Waals surface area contributed by atoms with Gasteiger partial charge in [-0.25, -0.2) is 0 Å². The third kappa shape index (κ3) is 4.21. The Hall–Kier alpha value is -0.580. The number of nitrogens with zero attached hydrogens (tertiary/aromatic N) is 1. The smallest absolute Gasteiger partial charge is 0.122 e. The molecule has 0 unspecified atom stereocenters. The summed E-state index contributed by atoms with van der Waals surface area (Å²) in [6, 6.07) is 6.40. The molecule has 0 bridgehead atoms. The second-order valence-electron chi connectivity index (χ2n) is 5.85. The summed E-state index contributed by atoms with van der Waals surface area (Å²) in [7, 11) is 0. The van der Waals surface area contributed by atoms with E-state index in [1.54, 1.807) is 0 Å². The van der Waals surface area contributed by atoms with Crippen molar-refractivity contribution < 1.29 is 4.74 Å². The summed E-state index contributed by atoms with van der Waals surface area (Å²) in [5.74, 6) is 1.88. The molecule has 1 aliphatic heterocycles. The first-order valence-electron chi connectivity index (χ1n) is 7.65. The number of hydrogen-bond acceptors (Lipinski definition) is 3. The van der Waals surface area contributed by atoms with E-state index in [-0.39, 0.29) is 0 Å². The maximum atomic E-state index is 6.00. The van der Waals surface area contributed by atoms with Gasteiger partial charge in [0.05, 0.1) is 6.61 Å². The van der Waals surface area contributed by atoms with E-state index in [1.165, 1.54) is 18.4 Å². The highest BCUT2D eigenvalue weighted by Gasteiger charge is 2.22. The zero-order valence-corrected chi connectivity index (χ0v) is 13.5. The van der Waals surface area contributed by atoms with E-state index in [9.17, 15) is 0 Å². The Kier molecular flexibility index (Phi) is 4.97. The van der Waals surface area contributed by atoms with E-state index in [4.69, 9.17) is 4.74 Å². The number of rotatable bonds is 6. The molecule has 1 aliphatic carbocycles. The lowest BCUT2D eigenvalue weighted by Crippen LogP contribution is -2.44. The summed E-state index contributed by atoms with van der Waals surface area (Å²) >= 11 is 3.58. The van der Waals surface area contributed by atoms with Crippen molar-refractivity contribution in [3.05, 3.63) is 28.2 Å². The lowest BCUT2D eigenvalue weighted by molar-refractivity contribution is 0.241. The van der Waals surface area contributed by atoms with E-state index in [1.807, 2.05) is 0 Å². The molecule has 0 spiro atoms. The molecule has 1 saturated heterocycles. The second-order valence-corrected chi connectivity index (χ2v) is 6.76. The lowest BCUT2D eigenvalue weighted by atomic mass is 10.1. The van der Waals surface area contributed by atoms with Crippen LogP contribution in [-0.4, -0.2) is 44.2 Å². The van der Waals surface area contributed by atoms with Gasteiger partial charge in [0, 0.05) is 37.2 Å². The summed E-state index contributed by atoms with van der Waals surface area (Å²) in [4.78, 5) is 2.53. The van der Waals surface area contributed by atoms with Gasteiger partial charge in [-0.15, -0.1) is 0 Å². The summed E-state index contributed by atoms with van der Waals surface area (Å²) in [6.45, 7) is 6.56. The van der Waals surface area contributed by atoms with Gasteiger partial charge >= 0.3 is 0 Å². The Labute approximate surface area is 129 Å². The first-order valence-corrected chi connectivity index (χ1v) is 8.45. The average molecular weight is 339 g/mol. The van der Waals surface area contributed by atoms with Gasteiger partial charge in [-0.2, -0.15) is 0 Å². The largest absolute Gasteiger partial charge is 0.493 e. The molecule has 0 atom stereocenters. The van der Waals surface area contributed by atoms with Gasteiger partial charge in [-0.1, -0.05) is 15.9 Å². The minimum atomic E-state index is 0.805. The van der Waals surface area contributed by atoms with Crippen LogP contribution < -0.4 is 10.1 Å². The summed E-state index contributed by atoms with van der Waals surface area (Å²) in [5.41, 5.74) is 1.33. The van der Waals surface area contributed by atoms with Gasteiger partial charge in [-0.05, 0) is 48.9 Å². The van der Waals surface area contributed by atoms with Gasteiger partial charge in [0.2, 0.25) is 0 Å². The quantitative estimate of drug-likeness (QED) is 0.863. The predicted molar refractivity (Wildman–Crippen MR) is 85.4 cm³/mol. The summed E-state index contributed by atoms with van der Waals surface area (Å²) < 4.78 is 7.15. The fourth-order valence-corrected chi connectivity index (χ4v) is 3.00. The monoisotopic (exact) mass is 338 g/mol. The van der Waals surface area contributed by atoms with Crippen LogP contribution >= 0.6 is 15.9 Å². The molecule has 1 saturated carbocycles. The van der Waals surface area contributed by atoms with Gasteiger partial charge in [0.1, 0.15) is 5.75 Å². The molecule has 2 fully saturated rings. The van der Waals surface area contributed by atoms with Crippen LogP contribution in [-0.2, 0) is 6.42 Å². The Balaban J connectivity index is 1.58. The molecule has 4 heteroatoms. The fraction of sp³-hybridized carbons (Fsp3) is 0.625. The van der Waals surface area contributed by atoms with E-state index in [0.29, 0.717) is 0 Å². The Morgan fingerprint density at radius 3 is 2.80 bits per heavy atom. The number of nitrogens with one attached hydrogen (secondary N) is 1. The Bertz CT molecular complexity index is 442. The van der Waals surface area contributed by atoms with Crippen LogP contribution in [0.25, 0.3) is 0 Å². The summed E-state index contributed by atoms with van der Waals surface area (Å²) in [6.07, 6.45) is 3.75. The molecular weight excluding hydrogens is 316 g/mol. The van der Waals surface area contributed by atoms with Crippen molar-refractivity contribution in [3.8, 4) is 5.75 Å². The number of hydrogen-bond donors (Lipinski definition) is 1. The van der Waals surface area contributed by atoms with Crippen molar-refractivity contribution in [3.63, 3.8) is 0 Å². The molecule has 0 amide bonds. The molecule has 20 heavy (non-hydrogen) atoms. The van der Waals surface area contributed by atoms with Crippen molar-refractivity contribution in [2.24, 2.45) is 5.92 Å². The van der Waals surface area contributed by atoms with Crippen molar-refractivity contribution in [1.29, 1.82) is 0 Å². The SMILES string of the molecule is Brc1ccc(OCC2CC2)c(CCN2CCNCC2)c1. The second kappa shape index (κ2) is 6.92. The van der Waals surface area contributed by atoms with Gasteiger partial charge in [-0.3, -0.25) is 0 Å². The first kappa shape index (κ1) is 14.4. The number of halogens is 1. The van der Waals surface area contributed by atoms with E-state index in [0.717, 1.165) is 61.9 Å². The van der Waals surface area contributed by atoms with Gasteiger partial charge in [0.15, 0.2) is 0 Å². The van der Waals surface area contributed by atoms with Crippen molar-refractivity contribution >= 4 is 15.9 Å². The number of benzene rings is 1. The maximum absolute atomic E-state index is 6.00.